The molecule has 0 aliphatic carbocycles. The highest BCUT2D eigenvalue weighted by Crippen LogP contribution is 2.13. The van der Waals surface area contributed by atoms with Crippen molar-refractivity contribution < 1.29 is 77.4 Å². The fraction of sp³-hybridized carbons (Fsp3) is 0.812. The van der Waals surface area contributed by atoms with E-state index in [-0.39, 0.29) is 128 Å². The number of unbranched alkanes of at least 4 members (excludes halogenated alkanes) is 13. The van der Waals surface area contributed by atoms with Crippen LogP contribution in [0.5, 0.6) is 0 Å². The number of ketones is 1. The molecule has 11 N–H and O–H groups in total. The van der Waals surface area contributed by atoms with Crippen LogP contribution in [0.2, 0.25) is 0 Å². The lowest BCUT2D eigenvalue weighted by Crippen LogP contribution is -2.41. The second-order valence-corrected chi connectivity index (χ2v) is 17.3. The summed E-state index contributed by atoms with van der Waals surface area (Å²) in [7, 11) is 0. The van der Waals surface area contributed by atoms with Crippen LogP contribution >= 0.6 is 0 Å². The Kier molecular flexibility index (Phi) is 44.3. The Morgan fingerprint density at radius 3 is 1.25 bits per heavy atom. The lowest BCUT2D eigenvalue weighted by Gasteiger charge is -2.14. The van der Waals surface area contributed by atoms with Gasteiger partial charge in [-0.3, -0.25) is 44.2 Å². The molecule has 410 valence electrons. The highest BCUT2D eigenvalue weighted by atomic mass is 16.5. The summed E-state index contributed by atoms with van der Waals surface area (Å²) in [5.41, 5.74) is 2.21. The molecule has 0 aromatic rings. The van der Waals surface area contributed by atoms with E-state index in [0.717, 1.165) is 38.5 Å². The maximum Gasteiger partial charge on any atom is 0.326 e. The van der Waals surface area contributed by atoms with Gasteiger partial charge in [-0.2, -0.15) is 0 Å². The predicted octanol–water partition coefficient (Wildman–Crippen LogP) is 2.41. The third kappa shape index (κ3) is 46.0. The minimum atomic E-state index is -1.26. The van der Waals surface area contributed by atoms with Crippen molar-refractivity contribution in [1.82, 2.24) is 32.0 Å². The van der Waals surface area contributed by atoms with Gasteiger partial charge >= 0.3 is 17.9 Å². The number of nitrogens with two attached hydrogens (primary N) is 1. The molecule has 0 radical (unpaired) electrons. The quantitative estimate of drug-likeness (QED) is 0.0238. The Morgan fingerprint density at radius 2 is 0.761 bits per heavy atom. The van der Waals surface area contributed by atoms with Gasteiger partial charge in [0.15, 0.2) is 0 Å². The molecule has 5 amide bonds. The van der Waals surface area contributed by atoms with E-state index in [0.29, 0.717) is 58.0 Å². The molecule has 2 atom stereocenters. The van der Waals surface area contributed by atoms with Gasteiger partial charge in [0.05, 0.1) is 39.6 Å². The lowest BCUT2D eigenvalue weighted by atomic mass is 10.0. The molecule has 0 heterocycles. The van der Waals surface area contributed by atoms with Crippen LogP contribution in [-0.2, 0) is 62.1 Å². The number of aliphatic carboxylic acids is 3. The van der Waals surface area contributed by atoms with Crippen LogP contribution in [0, 0.1) is 0 Å². The van der Waals surface area contributed by atoms with Crippen LogP contribution < -0.4 is 37.9 Å². The van der Waals surface area contributed by atoms with Crippen LogP contribution in [0.1, 0.15) is 161 Å². The summed E-state index contributed by atoms with van der Waals surface area (Å²) >= 11 is 0. The molecule has 0 unspecified atom stereocenters. The summed E-state index contributed by atoms with van der Waals surface area (Å²) in [6.45, 7) is 2.02. The molecule has 71 heavy (non-hydrogen) atoms. The van der Waals surface area contributed by atoms with Gasteiger partial charge in [-0.25, -0.2) is 10.2 Å². The molecule has 0 saturated carbocycles. The second-order valence-electron chi connectivity index (χ2n) is 17.3. The predicted molar refractivity (Wildman–Crippen MR) is 262 cm³/mol. The number of hydrogen-bond donors (Lipinski definition) is 10. The van der Waals surface area contributed by atoms with Crippen molar-refractivity contribution in [3.8, 4) is 0 Å². The van der Waals surface area contributed by atoms with E-state index in [1.807, 2.05) is 0 Å². The smallest absolute Gasteiger partial charge is 0.326 e. The Bertz CT molecular complexity index is 1490. The maximum atomic E-state index is 12.3. The molecular formula is C48H87N7O16. The zero-order valence-electron chi connectivity index (χ0n) is 42.0. The van der Waals surface area contributed by atoms with E-state index >= 15 is 0 Å². The normalized spacial score (nSPS) is 11.8. The summed E-state index contributed by atoms with van der Waals surface area (Å²) in [5, 5.41) is 40.4. The van der Waals surface area contributed by atoms with Gasteiger partial charge in [-0.15, -0.1) is 0 Å². The number of ether oxygens (including phenoxy) is 4. The zero-order valence-corrected chi connectivity index (χ0v) is 42.0. The van der Waals surface area contributed by atoms with Gasteiger partial charge in [-0.05, 0) is 44.9 Å². The number of hydrogen-bond acceptors (Lipinski definition) is 15. The third-order valence-electron chi connectivity index (χ3n) is 11.0. The summed E-state index contributed by atoms with van der Waals surface area (Å²) in [6, 6.07) is -2.09. The molecule has 0 rings (SSSR count). The fourth-order valence-electron chi connectivity index (χ4n) is 6.94. The summed E-state index contributed by atoms with van der Waals surface area (Å²) in [4.78, 5) is 106. The molecule has 0 aliphatic rings. The highest BCUT2D eigenvalue weighted by molar-refractivity contribution is 5.85. The van der Waals surface area contributed by atoms with Crippen molar-refractivity contribution in [1.29, 1.82) is 0 Å². The topological polar surface area (TPSA) is 349 Å². The molecule has 23 heteroatoms. The van der Waals surface area contributed by atoms with Crippen molar-refractivity contribution in [2.75, 3.05) is 79.0 Å². The summed E-state index contributed by atoms with van der Waals surface area (Å²) < 4.78 is 21.4. The van der Waals surface area contributed by atoms with Gasteiger partial charge in [-0.1, -0.05) is 77.0 Å². The fourth-order valence-corrected chi connectivity index (χ4v) is 6.94. The maximum absolute atomic E-state index is 12.3. The van der Waals surface area contributed by atoms with E-state index in [2.05, 4.69) is 32.0 Å². The van der Waals surface area contributed by atoms with E-state index in [4.69, 9.17) is 35.0 Å². The molecule has 23 nitrogen and oxygen atoms in total. The number of amides is 5. The van der Waals surface area contributed by atoms with Crippen molar-refractivity contribution in [3.63, 3.8) is 0 Å². The SMILES string of the molecule is NN[C@@H](CCCCCC(=O)CC[C@H](NC(=O)CCCNC(=O)COCCOCCNC(=O)COCCOCCNC(=O)CCCNC(=O)CCCCCCCCCCCCCCC(=O)O)C(=O)O)C(=O)O. The van der Waals surface area contributed by atoms with E-state index in [9.17, 15) is 48.3 Å². The third-order valence-corrected chi connectivity index (χ3v) is 11.0. The highest BCUT2D eigenvalue weighted by Gasteiger charge is 2.21. The Hall–Kier alpha value is -4.81. The number of Topliss-reactive ketones (excluding diaryl/α,β-unsaturated/α-hetero) is 1. The minimum Gasteiger partial charge on any atom is -0.481 e. The van der Waals surface area contributed by atoms with Gasteiger partial charge in [0.2, 0.25) is 29.5 Å². The van der Waals surface area contributed by atoms with Crippen molar-refractivity contribution in [2.24, 2.45) is 5.84 Å². The first-order valence-electron chi connectivity index (χ1n) is 25.6. The zero-order chi connectivity index (χ0) is 52.6. The van der Waals surface area contributed by atoms with Gasteiger partial charge in [0.1, 0.15) is 31.1 Å². The standard InChI is InChI=1S/C48H87N7O16/c49-55-40(48(66)67)19-13-11-12-18-38(56)24-25-39(47(64)65)54-43(59)22-17-27-51-44(60)36-70-34-33-69-31-29-53-45(61)37-71-35-32-68-30-28-52-42(58)21-16-26-50-41(57)20-14-9-7-5-3-1-2-4-6-8-10-15-23-46(62)63/h39-40,55H,1-37,49H2,(H,50,57)(H,51,60)(H,52,58)(H,53,61)(H,54,59)(H,62,63)(H,64,65)(H,66,67)/t39-,40-/m0/s1. The number of hydrazine groups is 1. The van der Waals surface area contributed by atoms with E-state index < -0.39 is 41.8 Å². The monoisotopic (exact) mass is 1020 g/mol. The average molecular weight is 1020 g/mol. The molecule has 0 aliphatic heterocycles. The Morgan fingerprint density at radius 1 is 0.366 bits per heavy atom. The van der Waals surface area contributed by atoms with Crippen molar-refractivity contribution in [2.45, 2.75) is 173 Å². The largest absolute Gasteiger partial charge is 0.481 e. The number of carboxylic acids is 3. The minimum absolute atomic E-state index is 0.0111. The molecule has 0 saturated heterocycles. The summed E-state index contributed by atoms with van der Waals surface area (Å²) in [6.07, 6.45) is 17.1. The molecule has 0 bridgehead atoms. The van der Waals surface area contributed by atoms with Crippen LogP contribution in [-0.4, -0.2) is 160 Å². The van der Waals surface area contributed by atoms with Crippen LogP contribution in [0.15, 0.2) is 0 Å². The molecule has 0 aromatic heterocycles. The van der Waals surface area contributed by atoms with Crippen LogP contribution in [0.4, 0.5) is 0 Å². The van der Waals surface area contributed by atoms with Gasteiger partial charge in [0, 0.05) is 64.7 Å². The van der Waals surface area contributed by atoms with Crippen LogP contribution in [0.25, 0.3) is 0 Å². The number of carboxylic acid groups (broad SMARTS) is 3. The van der Waals surface area contributed by atoms with Gasteiger partial charge < -0.3 is 60.9 Å². The van der Waals surface area contributed by atoms with Crippen LogP contribution in [0.3, 0.4) is 0 Å². The van der Waals surface area contributed by atoms with Crippen molar-refractivity contribution in [3.05, 3.63) is 0 Å². The molecular weight excluding hydrogens is 931 g/mol. The lowest BCUT2D eigenvalue weighted by molar-refractivity contribution is -0.142. The Balaban J connectivity index is 3.62. The first-order chi connectivity index (χ1) is 34.2. The molecule has 0 fully saturated rings. The van der Waals surface area contributed by atoms with E-state index in [1.54, 1.807) is 0 Å². The molecule has 0 spiro atoms. The number of rotatable bonds is 52. The molecule has 0 aromatic carbocycles. The second kappa shape index (κ2) is 47.5. The number of carbonyl (C=O) groups excluding carboxylic acids is 6. The van der Waals surface area contributed by atoms with E-state index in [1.165, 1.54) is 38.5 Å². The summed E-state index contributed by atoms with van der Waals surface area (Å²) in [5.74, 6) is 0.618. The average Bonchev–Trinajstić information content (AvgIpc) is 3.33. The first kappa shape index (κ1) is 66.2. The number of nitrogens with one attached hydrogen (secondary N) is 6. The van der Waals surface area contributed by atoms with Crippen molar-refractivity contribution >= 4 is 53.2 Å². The first-order valence-corrected chi connectivity index (χ1v) is 25.6. The van der Waals surface area contributed by atoms with Gasteiger partial charge in [0.25, 0.3) is 0 Å². The Labute approximate surface area is 419 Å². The number of carbonyl (C=O) groups is 9.